The number of benzene rings is 1. The van der Waals surface area contributed by atoms with Crippen LogP contribution >= 0.6 is 0 Å². The molecule has 2 aromatic heterocycles. The molecular formula is C20H23N5O. The Labute approximate surface area is 152 Å². The van der Waals surface area contributed by atoms with E-state index in [2.05, 4.69) is 27.2 Å². The van der Waals surface area contributed by atoms with Gasteiger partial charge in [-0.15, -0.1) is 5.10 Å². The van der Waals surface area contributed by atoms with Gasteiger partial charge in [-0.1, -0.05) is 43.2 Å². The normalized spacial score (nSPS) is 14.8. The fraction of sp³-hybridized carbons (Fsp3) is 0.400. The molecule has 2 heterocycles. The van der Waals surface area contributed by atoms with Gasteiger partial charge in [0.15, 0.2) is 0 Å². The number of hydrogen-bond acceptors (Lipinski definition) is 4. The molecule has 0 atom stereocenters. The van der Waals surface area contributed by atoms with Crippen LogP contribution in [-0.4, -0.2) is 43.0 Å². The maximum Gasteiger partial charge on any atom is 0.293 e. The highest BCUT2D eigenvalue weighted by atomic mass is 16.2. The van der Waals surface area contributed by atoms with Crippen LogP contribution in [0.4, 0.5) is 0 Å². The maximum absolute atomic E-state index is 13.2. The summed E-state index contributed by atoms with van der Waals surface area (Å²) in [7, 11) is 0. The number of carbonyl (C=O) groups excluding carboxylic acids is 1. The molecule has 0 aliphatic heterocycles. The molecule has 6 nitrogen and oxygen atoms in total. The lowest BCUT2D eigenvalue weighted by molar-refractivity contribution is 0.0671. The summed E-state index contributed by atoms with van der Waals surface area (Å²) in [4.78, 5) is 23.8. The summed E-state index contributed by atoms with van der Waals surface area (Å²) in [6.07, 6.45) is 7.01. The maximum atomic E-state index is 13.2. The summed E-state index contributed by atoms with van der Waals surface area (Å²) in [5.74, 6) is 0.632. The Hall–Kier alpha value is -2.76. The van der Waals surface area contributed by atoms with E-state index in [1.54, 1.807) is 10.7 Å². The van der Waals surface area contributed by atoms with Gasteiger partial charge in [0.05, 0.1) is 0 Å². The molecule has 1 saturated carbocycles. The zero-order valence-corrected chi connectivity index (χ0v) is 15.0. The second-order valence-electron chi connectivity index (χ2n) is 6.91. The Morgan fingerprint density at radius 2 is 1.96 bits per heavy atom. The van der Waals surface area contributed by atoms with E-state index in [0.29, 0.717) is 12.3 Å². The highest BCUT2D eigenvalue weighted by molar-refractivity contribution is 5.91. The fourth-order valence-corrected chi connectivity index (χ4v) is 3.69. The summed E-state index contributed by atoms with van der Waals surface area (Å²) >= 11 is 0. The molecule has 0 unspecified atom stereocenters. The van der Waals surface area contributed by atoms with Crippen molar-refractivity contribution in [3.63, 3.8) is 0 Å². The number of aromatic nitrogens is 4. The Balaban J connectivity index is 1.59. The molecule has 0 N–H and O–H groups in total. The van der Waals surface area contributed by atoms with Crippen molar-refractivity contribution in [2.45, 2.75) is 45.1 Å². The van der Waals surface area contributed by atoms with Gasteiger partial charge in [0.2, 0.25) is 5.82 Å². The van der Waals surface area contributed by atoms with Crippen molar-refractivity contribution in [1.82, 2.24) is 24.5 Å². The SMILES string of the molecule is Cc1ccnc2nc(C(=O)N(CCc3ccccc3)C3CCCC3)nn12. The Kier molecular flexibility index (Phi) is 4.65. The molecule has 0 radical (unpaired) electrons. The summed E-state index contributed by atoms with van der Waals surface area (Å²) in [6.45, 7) is 2.62. The monoisotopic (exact) mass is 349 g/mol. The molecule has 4 rings (SSSR count). The summed E-state index contributed by atoms with van der Waals surface area (Å²) in [6, 6.07) is 12.4. The molecule has 0 spiro atoms. The Morgan fingerprint density at radius 1 is 1.19 bits per heavy atom. The quantitative estimate of drug-likeness (QED) is 0.710. The predicted molar refractivity (Wildman–Crippen MR) is 99.0 cm³/mol. The first-order valence-electron chi connectivity index (χ1n) is 9.25. The average Bonchev–Trinajstić information content (AvgIpc) is 3.33. The molecule has 1 aromatic carbocycles. The molecule has 0 bridgehead atoms. The Bertz CT molecular complexity index is 899. The average molecular weight is 349 g/mol. The lowest BCUT2D eigenvalue weighted by Crippen LogP contribution is -2.40. The van der Waals surface area contributed by atoms with E-state index in [4.69, 9.17) is 0 Å². The summed E-state index contributed by atoms with van der Waals surface area (Å²) in [5, 5.41) is 4.41. The van der Waals surface area contributed by atoms with E-state index < -0.39 is 0 Å². The first-order valence-corrected chi connectivity index (χ1v) is 9.25. The number of aryl methyl sites for hydroxylation is 1. The minimum atomic E-state index is -0.0854. The molecule has 1 aliphatic rings. The highest BCUT2D eigenvalue weighted by Gasteiger charge is 2.29. The van der Waals surface area contributed by atoms with Crippen LogP contribution in [-0.2, 0) is 6.42 Å². The third kappa shape index (κ3) is 3.31. The topological polar surface area (TPSA) is 63.4 Å². The van der Waals surface area contributed by atoms with Crippen molar-refractivity contribution in [2.24, 2.45) is 0 Å². The first-order chi connectivity index (χ1) is 12.7. The van der Waals surface area contributed by atoms with Crippen molar-refractivity contribution < 1.29 is 4.79 Å². The second-order valence-corrected chi connectivity index (χ2v) is 6.91. The van der Waals surface area contributed by atoms with Crippen LogP contribution in [0, 0.1) is 6.92 Å². The van der Waals surface area contributed by atoms with Gasteiger partial charge in [-0.05, 0) is 37.8 Å². The number of fused-ring (bicyclic) bond motifs is 1. The predicted octanol–water partition coefficient (Wildman–Crippen LogP) is 3.06. The molecular weight excluding hydrogens is 326 g/mol. The van der Waals surface area contributed by atoms with Crippen LogP contribution in [0.1, 0.15) is 47.6 Å². The number of rotatable bonds is 5. The van der Waals surface area contributed by atoms with E-state index in [1.165, 1.54) is 18.4 Å². The number of hydrogen-bond donors (Lipinski definition) is 0. The van der Waals surface area contributed by atoms with Crippen LogP contribution in [0.3, 0.4) is 0 Å². The summed E-state index contributed by atoms with van der Waals surface area (Å²) in [5.41, 5.74) is 2.15. The minimum Gasteiger partial charge on any atom is -0.333 e. The van der Waals surface area contributed by atoms with Crippen LogP contribution in [0.25, 0.3) is 5.78 Å². The molecule has 26 heavy (non-hydrogen) atoms. The zero-order chi connectivity index (χ0) is 17.9. The van der Waals surface area contributed by atoms with Crippen molar-refractivity contribution in [3.05, 3.63) is 59.7 Å². The van der Waals surface area contributed by atoms with Crippen molar-refractivity contribution in [1.29, 1.82) is 0 Å². The molecule has 3 aromatic rings. The van der Waals surface area contributed by atoms with Gasteiger partial charge in [-0.25, -0.2) is 9.50 Å². The smallest absolute Gasteiger partial charge is 0.293 e. The van der Waals surface area contributed by atoms with Crippen LogP contribution < -0.4 is 0 Å². The number of nitrogens with zero attached hydrogens (tertiary/aromatic N) is 5. The van der Waals surface area contributed by atoms with Gasteiger partial charge >= 0.3 is 0 Å². The lowest BCUT2D eigenvalue weighted by atomic mass is 10.1. The number of carbonyl (C=O) groups is 1. The van der Waals surface area contributed by atoms with E-state index in [1.807, 2.05) is 36.1 Å². The molecule has 1 amide bonds. The molecule has 0 saturated heterocycles. The van der Waals surface area contributed by atoms with Crippen LogP contribution in [0.15, 0.2) is 42.6 Å². The molecule has 134 valence electrons. The van der Waals surface area contributed by atoms with Gasteiger partial charge in [0.25, 0.3) is 11.7 Å². The van der Waals surface area contributed by atoms with Gasteiger partial charge in [-0.3, -0.25) is 4.79 Å². The molecule has 1 aliphatic carbocycles. The van der Waals surface area contributed by atoms with Crippen molar-refractivity contribution in [2.75, 3.05) is 6.54 Å². The van der Waals surface area contributed by atoms with E-state index in [9.17, 15) is 4.79 Å². The molecule has 6 heteroatoms. The van der Waals surface area contributed by atoms with Crippen LogP contribution in [0.2, 0.25) is 0 Å². The highest BCUT2D eigenvalue weighted by Crippen LogP contribution is 2.25. The van der Waals surface area contributed by atoms with Crippen molar-refractivity contribution >= 4 is 11.7 Å². The van der Waals surface area contributed by atoms with E-state index in [0.717, 1.165) is 25.0 Å². The van der Waals surface area contributed by atoms with Gasteiger partial charge in [0.1, 0.15) is 0 Å². The zero-order valence-electron chi connectivity index (χ0n) is 15.0. The largest absolute Gasteiger partial charge is 0.333 e. The number of amides is 1. The van der Waals surface area contributed by atoms with E-state index in [-0.39, 0.29) is 17.8 Å². The van der Waals surface area contributed by atoms with Gasteiger partial charge in [0, 0.05) is 24.5 Å². The summed E-state index contributed by atoms with van der Waals surface area (Å²) < 4.78 is 1.64. The van der Waals surface area contributed by atoms with Gasteiger partial charge in [-0.2, -0.15) is 4.98 Å². The second kappa shape index (κ2) is 7.23. The third-order valence-electron chi connectivity index (χ3n) is 5.13. The standard InChI is InChI=1S/C20H23N5O/c1-15-11-13-21-20-22-18(23-25(15)20)19(26)24(17-9-5-6-10-17)14-12-16-7-3-2-4-8-16/h2-4,7-8,11,13,17H,5-6,9-10,12,14H2,1H3. The van der Waals surface area contributed by atoms with Crippen molar-refractivity contribution in [3.8, 4) is 0 Å². The van der Waals surface area contributed by atoms with E-state index >= 15 is 0 Å². The lowest BCUT2D eigenvalue weighted by Gasteiger charge is -2.28. The van der Waals surface area contributed by atoms with Crippen LogP contribution in [0.5, 0.6) is 0 Å². The third-order valence-corrected chi connectivity index (χ3v) is 5.13. The molecule has 1 fully saturated rings. The fourth-order valence-electron chi connectivity index (χ4n) is 3.69. The minimum absolute atomic E-state index is 0.0854. The Morgan fingerprint density at radius 3 is 2.69 bits per heavy atom. The van der Waals surface area contributed by atoms with Gasteiger partial charge < -0.3 is 4.90 Å². The first kappa shape index (κ1) is 16.7.